The first-order chi connectivity index (χ1) is 16.7. The summed E-state index contributed by atoms with van der Waals surface area (Å²) in [4.78, 5) is 16.4. The number of hydrogen-bond acceptors (Lipinski definition) is 2. The van der Waals surface area contributed by atoms with Crippen molar-refractivity contribution < 1.29 is 31.1 Å². The van der Waals surface area contributed by atoms with Crippen molar-refractivity contribution in [3.8, 4) is 6.07 Å². The standard InChI is InChI=1S/C26H19F6N3O/c1-24(2)22(17-5-3-4-16(14-17)15-33)34(20-10-6-18(7-11-20)25(27,28)29)23(36)35(24)21-12-8-19(9-13-21)26(30,31)32/h3-14,22H,1-2H3. The number of carbonyl (C=O) groups excluding carboxylic acids is 1. The zero-order valence-corrected chi connectivity index (χ0v) is 19.0. The van der Waals surface area contributed by atoms with E-state index < -0.39 is 41.1 Å². The summed E-state index contributed by atoms with van der Waals surface area (Å²) >= 11 is 0. The van der Waals surface area contributed by atoms with E-state index in [-0.39, 0.29) is 11.4 Å². The van der Waals surface area contributed by atoms with Gasteiger partial charge in [-0.2, -0.15) is 31.6 Å². The Morgan fingerprint density at radius 3 is 1.78 bits per heavy atom. The third kappa shape index (κ3) is 4.37. The Labute approximate surface area is 203 Å². The van der Waals surface area contributed by atoms with E-state index in [0.717, 1.165) is 24.3 Å². The van der Waals surface area contributed by atoms with Crippen molar-refractivity contribution in [2.45, 2.75) is 37.8 Å². The molecular formula is C26H19F6N3O. The van der Waals surface area contributed by atoms with E-state index in [1.807, 2.05) is 6.07 Å². The Kier molecular flexibility index (Phi) is 5.99. The van der Waals surface area contributed by atoms with Gasteiger partial charge in [0.05, 0.1) is 34.3 Å². The summed E-state index contributed by atoms with van der Waals surface area (Å²) < 4.78 is 78.6. The summed E-state index contributed by atoms with van der Waals surface area (Å²) in [6.45, 7) is 3.41. The minimum Gasteiger partial charge on any atom is -0.286 e. The Hall–Kier alpha value is -4.00. The molecule has 0 radical (unpaired) electrons. The number of hydrogen-bond donors (Lipinski definition) is 0. The maximum absolute atomic E-state index is 13.8. The van der Waals surface area contributed by atoms with Crippen LogP contribution in [0.3, 0.4) is 0 Å². The Balaban J connectivity index is 1.86. The third-order valence-electron chi connectivity index (χ3n) is 6.16. The monoisotopic (exact) mass is 503 g/mol. The van der Waals surface area contributed by atoms with Crippen molar-refractivity contribution in [2.24, 2.45) is 0 Å². The molecule has 4 nitrogen and oxygen atoms in total. The summed E-state index contributed by atoms with van der Waals surface area (Å²) in [6.07, 6.45) is -9.13. The van der Waals surface area contributed by atoms with Crippen LogP contribution in [0.2, 0.25) is 0 Å². The number of amides is 2. The zero-order chi connectivity index (χ0) is 26.5. The van der Waals surface area contributed by atoms with Crippen LogP contribution in [0.1, 0.15) is 42.1 Å². The van der Waals surface area contributed by atoms with E-state index in [2.05, 4.69) is 0 Å². The first-order valence-electron chi connectivity index (χ1n) is 10.7. The smallest absolute Gasteiger partial charge is 0.286 e. The fourth-order valence-electron chi connectivity index (χ4n) is 4.55. The number of nitrogens with zero attached hydrogens (tertiary/aromatic N) is 3. The quantitative estimate of drug-likeness (QED) is 0.346. The minimum absolute atomic E-state index is 0.169. The number of halogens is 6. The van der Waals surface area contributed by atoms with Gasteiger partial charge >= 0.3 is 18.4 Å². The van der Waals surface area contributed by atoms with Gasteiger partial charge in [-0.25, -0.2) is 4.79 Å². The van der Waals surface area contributed by atoms with Crippen LogP contribution < -0.4 is 9.80 Å². The molecule has 0 aromatic heterocycles. The summed E-state index contributed by atoms with van der Waals surface area (Å²) in [7, 11) is 0. The second-order valence-corrected chi connectivity index (χ2v) is 8.87. The lowest BCUT2D eigenvalue weighted by Gasteiger charge is -2.35. The van der Waals surface area contributed by atoms with Crippen LogP contribution in [-0.2, 0) is 12.4 Å². The number of benzene rings is 3. The molecule has 1 aliphatic heterocycles. The van der Waals surface area contributed by atoms with E-state index in [1.165, 1.54) is 34.1 Å². The number of rotatable bonds is 3. The lowest BCUT2D eigenvalue weighted by molar-refractivity contribution is -0.138. The topological polar surface area (TPSA) is 47.3 Å². The number of carbonyl (C=O) groups is 1. The fraction of sp³-hybridized carbons (Fsp3) is 0.231. The molecule has 1 fully saturated rings. The summed E-state index contributed by atoms with van der Waals surface area (Å²) in [6, 6.07) is 15.2. The molecule has 2 amide bonds. The van der Waals surface area contributed by atoms with Crippen molar-refractivity contribution in [3.05, 3.63) is 95.1 Å². The van der Waals surface area contributed by atoms with Crippen molar-refractivity contribution in [1.29, 1.82) is 5.26 Å². The molecule has 1 unspecified atom stereocenters. The van der Waals surface area contributed by atoms with Gasteiger partial charge in [0.15, 0.2) is 0 Å². The summed E-state index contributed by atoms with van der Waals surface area (Å²) in [5.74, 6) is 0. The first kappa shape index (κ1) is 25.1. The zero-order valence-electron chi connectivity index (χ0n) is 19.0. The van der Waals surface area contributed by atoms with Gasteiger partial charge in [-0.1, -0.05) is 12.1 Å². The molecule has 1 saturated heterocycles. The van der Waals surface area contributed by atoms with Gasteiger partial charge in [-0.15, -0.1) is 0 Å². The van der Waals surface area contributed by atoms with Crippen molar-refractivity contribution in [3.63, 3.8) is 0 Å². The number of anilines is 2. The first-order valence-corrected chi connectivity index (χ1v) is 10.7. The molecule has 36 heavy (non-hydrogen) atoms. The Morgan fingerprint density at radius 1 is 0.806 bits per heavy atom. The van der Waals surface area contributed by atoms with Gasteiger partial charge in [0.2, 0.25) is 0 Å². The highest BCUT2D eigenvalue weighted by atomic mass is 19.4. The molecule has 0 spiro atoms. The van der Waals surface area contributed by atoms with E-state index in [0.29, 0.717) is 11.1 Å². The SMILES string of the molecule is CC1(C)C(c2cccc(C#N)c2)N(c2ccc(C(F)(F)F)cc2)C(=O)N1c1ccc(C(F)(F)F)cc1. The Bertz CT molecular complexity index is 1320. The van der Waals surface area contributed by atoms with Crippen LogP contribution in [0.4, 0.5) is 42.5 Å². The van der Waals surface area contributed by atoms with Crippen LogP contribution in [0.5, 0.6) is 0 Å². The van der Waals surface area contributed by atoms with E-state index in [1.54, 1.807) is 38.1 Å². The van der Waals surface area contributed by atoms with Crippen molar-refractivity contribution >= 4 is 17.4 Å². The maximum Gasteiger partial charge on any atom is 0.416 e. The van der Waals surface area contributed by atoms with E-state index in [9.17, 15) is 36.4 Å². The molecule has 4 rings (SSSR count). The molecule has 3 aromatic rings. The second kappa shape index (κ2) is 8.59. The van der Waals surface area contributed by atoms with Gasteiger partial charge in [0, 0.05) is 11.4 Å². The van der Waals surface area contributed by atoms with Crippen molar-refractivity contribution in [1.82, 2.24) is 0 Å². The maximum atomic E-state index is 13.8. The van der Waals surface area contributed by atoms with Crippen LogP contribution in [-0.4, -0.2) is 11.6 Å². The molecule has 0 N–H and O–H groups in total. The lowest BCUT2D eigenvalue weighted by atomic mass is 9.87. The highest BCUT2D eigenvalue weighted by Crippen LogP contribution is 2.48. The molecule has 0 saturated carbocycles. The highest BCUT2D eigenvalue weighted by molar-refractivity contribution is 6.08. The number of urea groups is 1. The molecular weight excluding hydrogens is 484 g/mol. The van der Waals surface area contributed by atoms with Crippen molar-refractivity contribution in [2.75, 3.05) is 9.80 Å². The molecule has 1 heterocycles. The largest absolute Gasteiger partial charge is 0.416 e. The highest BCUT2D eigenvalue weighted by Gasteiger charge is 2.53. The predicted octanol–water partition coefficient (Wildman–Crippen LogP) is 7.56. The third-order valence-corrected chi connectivity index (χ3v) is 6.16. The second-order valence-electron chi connectivity index (χ2n) is 8.87. The molecule has 0 bridgehead atoms. The van der Waals surface area contributed by atoms with Gasteiger partial charge in [0.25, 0.3) is 0 Å². The average molecular weight is 503 g/mol. The van der Waals surface area contributed by atoms with Crippen LogP contribution in [0.25, 0.3) is 0 Å². The van der Waals surface area contributed by atoms with Crippen LogP contribution >= 0.6 is 0 Å². The summed E-state index contributed by atoms with van der Waals surface area (Å²) in [5.41, 5.74) is -1.63. The van der Waals surface area contributed by atoms with Gasteiger partial charge < -0.3 is 0 Å². The lowest BCUT2D eigenvalue weighted by Crippen LogP contribution is -2.43. The summed E-state index contributed by atoms with van der Waals surface area (Å²) in [5, 5.41) is 9.36. The van der Waals surface area contributed by atoms with Crippen LogP contribution in [0.15, 0.2) is 72.8 Å². The number of nitriles is 1. The predicted molar refractivity (Wildman–Crippen MR) is 121 cm³/mol. The molecule has 1 atom stereocenters. The molecule has 1 aliphatic rings. The van der Waals surface area contributed by atoms with E-state index in [4.69, 9.17) is 0 Å². The van der Waals surface area contributed by atoms with E-state index >= 15 is 0 Å². The molecule has 0 aliphatic carbocycles. The minimum atomic E-state index is -4.57. The normalized spacial score (nSPS) is 17.9. The molecule has 10 heteroatoms. The fourth-order valence-corrected chi connectivity index (χ4v) is 4.55. The molecule has 186 valence electrons. The number of alkyl halides is 6. The van der Waals surface area contributed by atoms with Gasteiger partial charge in [-0.3, -0.25) is 9.80 Å². The van der Waals surface area contributed by atoms with Gasteiger partial charge in [0.1, 0.15) is 0 Å². The molecule has 3 aromatic carbocycles. The van der Waals surface area contributed by atoms with Gasteiger partial charge in [-0.05, 0) is 80.1 Å². The van der Waals surface area contributed by atoms with Crippen LogP contribution in [0, 0.1) is 11.3 Å². The Morgan fingerprint density at radius 2 is 1.31 bits per heavy atom. The average Bonchev–Trinajstić information content (AvgIpc) is 3.02.